The molecule has 8 heteroatoms. The zero-order chi connectivity index (χ0) is 13.4. The van der Waals surface area contributed by atoms with Crippen LogP contribution in [0, 0.1) is 0 Å². The lowest BCUT2D eigenvalue weighted by Crippen LogP contribution is -2.08. The SMILES string of the molecule is CNc1nc(Cl)nc(NCCCCCC(=O)O)n1. The van der Waals surface area contributed by atoms with Gasteiger partial charge in [-0.05, 0) is 24.4 Å². The Morgan fingerprint density at radius 1 is 1.22 bits per heavy atom. The van der Waals surface area contributed by atoms with E-state index in [4.69, 9.17) is 16.7 Å². The van der Waals surface area contributed by atoms with Gasteiger partial charge in [0.2, 0.25) is 17.2 Å². The Hall–Kier alpha value is -1.63. The van der Waals surface area contributed by atoms with E-state index in [2.05, 4.69) is 25.6 Å². The summed E-state index contributed by atoms with van der Waals surface area (Å²) < 4.78 is 0. The fraction of sp³-hybridized carbons (Fsp3) is 0.600. The Kier molecular flexibility index (Phi) is 6.13. The Morgan fingerprint density at radius 3 is 2.61 bits per heavy atom. The smallest absolute Gasteiger partial charge is 0.303 e. The standard InChI is InChI=1S/C10H16ClN5O2/c1-12-9-14-8(11)15-10(16-9)13-6-4-2-3-5-7(17)18/h2-6H2,1H3,(H,17,18)(H2,12,13,14,15,16). The first-order valence-corrected chi connectivity index (χ1v) is 6.04. The number of rotatable bonds is 8. The molecule has 18 heavy (non-hydrogen) atoms. The highest BCUT2D eigenvalue weighted by atomic mass is 35.5. The number of unbranched alkanes of at least 4 members (excludes halogenated alkanes) is 2. The lowest BCUT2D eigenvalue weighted by molar-refractivity contribution is -0.137. The Balaban J connectivity index is 2.26. The molecule has 0 spiro atoms. The van der Waals surface area contributed by atoms with E-state index < -0.39 is 5.97 Å². The van der Waals surface area contributed by atoms with Crippen molar-refractivity contribution in [3.05, 3.63) is 5.28 Å². The van der Waals surface area contributed by atoms with Crippen LogP contribution in [0.25, 0.3) is 0 Å². The molecule has 0 saturated carbocycles. The molecule has 100 valence electrons. The summed E-state index contributed by atoms with van der Waals surface area (Å²) in [6.07, 6.45) is 2.58. The number of hydrogen-bond acceptors (Lipinski definition) is 6. The van der Waals surface area contributed by atoms with Gasteiger partial charge in [0.15, 0.2) is 0 Å². The van der Waals surface area contributed by atoms with Crippen molar-refractivity contribution in [2.24, 2.45) is 0 Å². The van der Waals surface area contributed by atoms with E-state index in [1.54, 1.807) is 7.05 Å². The number of aromatic nitrogens is 3. The normalized spacial score (nSPS) is 10.1. The van der Waals surface area contributed by atoms with Crippen molar-refractivity contribution >= 4 is 29.5 Å². The number of nitrogens with zero attached hydrogens (tertiary/aromatic N) is 3. The fourth-order valence-electron chi connectivity index (χ4n) is 1.32. The molecule has 0 aliphatic rings. The highest BCUT2D eigenvalue weighted by Gasteiger charge is 2.03. The van der Waals surface area contributed by atoms with E-state index >= 15 is 0 Å². The van der Waals surface area contributed by atoms with Crippen LogP contribution in [0.15, 0.2) is 0 Å². The topological polar surface area (TPSA) is 100 Å². The van der Waals surface area contributed by atoms with Gasteiger partial charge in [-0.2, -0.15) is 15.0 Å². The summed E-state index contributed by atoms with van der Waals surface area (Å²) in [5.74, 6) is 0.0619. The largest absolute Gasteiger partial charge is 0.481 e. The van der Waals surface area contributed by atoms with Crippen molar-refractivity contribution in [2.75, 3.05) is 24.2 Å². The lowest BCUT2D eigenvalue weighted by Gasteiger charge is -2.06. The summed E-state index contributed by atoms with van der Waals surface area (Å²) in [7, 11) is 1.70. The van der Waals surface area contributed by atoms with Crippen LogP contribution in [0.5, 0.6) is 0 Å². The van der Waals surface area contributed by atoms with Crippen LogP contribution < -0.4 is 10.6 Å². The van der Waals surface area contributed by atoms with E-state index in [0.29, 0.717) is 24.9 Å². The van der Waals surface area contributed by atoms with Gasteiger partial charge in [0.1, 0.15) is 0 Å². The van der Waals surface area contributed by atoms with Gasteiger partial charge < -0.3 is 15.7 Å². The average molecular weight is 274 g/mol. The van der Waals surface area contributed by atoms with Crippen LogP contribution in [-0.4, -0.2) is 39.6 Å². The Bertz CT molecular complexity index is 402. The molecule has 0 amide bonds. The minimum Gasteiger partial charge on any atom is -0.481 e. The third-order valence-electron chi connectivity index (χ3n) is 2.18. The van der Waals surface area contributed by atoms with E-state index in [0.717, 1.165) is 12.8 Å². The summed E-state index contributed by atoms with van der Waals surface area (Å²) >= 11 is 5.72. The first-order chi connectivity index (χ1) is 8.61. The van der Waals surface area contributed by atoms with Crippen molar-refractivity contribution in [3.63, 3.8) is 0 Å². The molecule has 0 aliphatic heterocycles. The summed E-state index contributed by atoms with van der Waals surface area (Å²) in [5.41, 5.74) is 0. The number of carboxylic acids is 1. The van der Waals surface area contributed by atoms with Gasteiger partial charge in [-0.15, -0.1) is 0 Å². The van der Waals surface area contributed by atoms with Crippen molar-refractivity contribution in [1.29, 1.82) is 0 Å². The molecule has 7 nitrogen and oxygen atoms in total. The summed E-state index contributed by atoms with van der Waals surface area (Å²) in [6, 6.07) is 0. The van der Waals surface area contributed by atoms with Crippen LogP contribution in [0.4, 0.5) is 11.9 Å². The minimum absolute atomic E-state index is 0.128. The van der Waals surface area contributed by atoms with Gasteiger partial charge >= 0.3 is 5.97 Å². The first-order valence-electron chi connectivity index (χ1n) is 5.67. The zero-order valence-electron chi connectivity index (χ0n) is 10.1. The number of nitrogens with one attached hydrogen (secondary N) is 2. The number of carboxylic acid groups (broad SMARTS) is 1. The summed E-state index contributed by atoms with van der Waals surface area (Å²) in [5, 5.41) is 14.4. The second kappa shape index (κ2) is 7.65. The molecule has 0 aromatic carbocycles. The van der Waals surface area contributed by atoms with Crippen molar-refractivity contribution in [3.8, 4) is 0 Å². The number of halogens is 1. The van der Waals surface area contributed by atoms with E-state index in [1.165, 1.54) is 0 Å². The first kappa shape index (κ1) is 14.4. The monoisotopic (exact) mass is 273 g/mol. The molecular formula is C10H16ClN5O2. The van der Waals surface area contributed by atoms with E-state index in [1.807, 2.05) is 0 Å². The van der Waals surface area contributed by atoms with Gasteiger partial charge in [-0.25, -0.2) is 0 Å². The Morgan fingerprint density at radius 2 is 1.94 bits per heavy atom. The van der Waals surface area contributed by atoms with Crippen molar-refractivity contribution in [1.82, 2.24) is 15.0 Å². The predicted molar refractivity (Wildman–Crippen MR) is 69.0 cm³/mol. The third-order valence-corrected chi connectivity index (χ3v) is 2.35. The van der Waals surface area contributed by atoms with Crippen molar-refractivity contribution in [2.45, 2.75) is 25.7 Å². The number of aliphatic carboxylic acids is 1. The van der Waals surface area contributed by atoms with Gasteiger partial charge in [0.05, 0.1) is 0 Å². The van der Waals surface area contributed by atoms with Gasteiger partial charge in [0.25, 0.3) is 0 Å². The molecule has 3 N–H and O–H groups in total. The predicted octanol–water partition coefficient (Wildman–Crippen LogP) is 1.62. The average Bonchev–Trinajstić information content (AvgIpc) is 2.32. The summed E-state index contributed by atoms with van der Waals surface area (Å²) in [4.78, 5) is 22.2. The number of hydrogen-bond donors (Lipinski definition) is 3. The molecule has 0 fully saturated rings. The van der Waals surface area contributed by atoms with Crippen LogP contribution in [0.3, 0.4) is 0 Å². The zero-order valence-corrected chi connectivity index (χ0v) is 10.9. The van der Waals surface area contributed by atoms with Gasteiger partial charge in [-0.3, -0.25) is 4.79 Å². The molecule has 1 rings (SSSR count). The molecule has 0 radical (unpaired) electrons. The molecular weight excluding hydrogens is 258 g/mol. The summed E-state index contributed by atoms with van der Waals surface area (Å²) in [6.45, 7) is 0.670. The van der Waals surface area contributed by atoms with Crippen LogP contribution in [0.1, 0.15) is 25.7 Å². The molecule has 0 aliphatic carbocycles. The molecule has 0 unspecified atom stereocenters. The molecule has 0 saturated heterocycles. The molecule has 0 atom stereocenters. The second-order valence-electron chi connectivity index (χ2n) is 3.63. The van der Waals surface area contributed by atoms with Crippen LogP contribution >= 0.6 is 11.6 Å². The minimum atomic E-state index is -0.758. The number of carbonyl (C=O) groups is 1. The van der Waals surface area contributed by atoms with Gasteiger partial charge in [0, 0.05) is 20.0 Å². The van der Waals surface area contributed by atoms with Crippen LogP contribution in [0.2, 0.25) is 5.28 Å². The van der Waals surface area contributed by atoms with E-state index in [-0.39, 0.29) is 11.7 Å². The van der Waals surface area contributed by atoms with Crippen molar-refractivity contribution < 1.29 is 9.90 Å². The second-order valence-corrected chi connectivity index (χ2v) is 3.97. The maximum absolute atomic E-state index is 10.3. The Labute approximate surface area is 110 Å². The quantitative estimate of drug-likeness (QED) is 0.619. The third kappa shape index (κ3) is 5.62. The highest BCUT2D eigenvalue weighted by Crippen LogP contribution is 2.09. The molecule has 1 aromatic rings. The lowest BCUT2D eigenvalue weighted by atomic mass is 10.2. The maximum atomic E-state index is 10.3. The van der Waals surface area contributed by atoms with Crippen LogP contribution in [-0.2, 0) is 4.79 Å². The van der Waals surface area contributed by atoms with E-state index in [9.17, 15) is 4.79 Å². The fourth-order valence-corrected chi connectivity index (χ4v) is 1.48. The molecule has 1 heterocycles. The number of anilines is 2. The maximum Gasteiger partial charge on any atom is 0.303 e. The van der Waals surface area contributed by atoms with Gasteiger partial charge in [-0.1, -0.05) is 6.42 Å². The highest BCUT2D eigenvalue weighted by molar-refractivity contribution is 6.28. The molecule has 0 bridgehead atoms. The molecule has 1 aromatic heterocycles.